The lowest BCUT2D eigenvalue weighted by molar-refractivity contribution is 0.0735. The zero-order valence-electron chi connectivity index (χ0n) is 13.9. The van der Waals surface area contributed by atoms with E-state index in [2.05, 4.69) is 28.7 Å². The first-order valence-electron chi connectivity index (χ1n) is 8.68. The molecule has 130 valence electrons. The summed E-state index contributed by atoms with van der Waals surface area (Å²) in [6.07, 6.45) is 2.90. The summed E-state index contributed by atoms with van der Waals surface area (Å²) >= 11 is 2.24. The van der Waals surface area contributed by atoms with Crippen LogP contribution >= 0.6 is 22.6 Å². The topological polar surface area (TPSA) is 38.8 Å². The highest BCUT2D eigenvalue weighted by Gasteiger charge is 2.31. The number of fused-ring (bicyclic) bond motifs is 1. The molecule has 1 fully saturated rings. The Morgan fingerprint density at radius 3 is 2.72 bits per heavy atom. The average molecular weight is 449 g/mol. The predicted octanol–water partition coefficient (Wildman–Crippen LogP) is 4.43. The van der Waals surface area contributed by atoms with E-state index in [4.69, 9.17) is 9.47 Å². The maximum Gasteiger partial charge on any atom is 0.254 e. The van der Waals surface area contributed by atoms with Crippen molar-refractivity contribution in [2.75, 3.05) is 19.8 Å². The van der Waals surface area contributed by atoms with Crippen LogP contribution in [0.25, 0.3) is 0 Å². The molecule has 0 unspecified atom stereocenters. The summed E-state index contributed by atoms with van der Waals surface area (Å²) in [5, 5.41) is 0. The van der Waals surface area contributed by atoms with Gasteiger partial charge >= 0.3 is 0 Å². The Morgan fingerprint density at radius 2 is 1.88 bits per heavy atom. The molecule has 4 rings (SSSR count). The summed E-state index contributed by atoms with van der Waals surface area (Å²) in [5.74, 6) is 1.70. The maximum atomic E-state index is 13.0. The number of rotatable bonds is 2. The Balaban J connectivity index is 1.61. The third-order valence-electron chi connectivity index (χ3n) is 4.74. The molecule has 2 aromatic rings. The van der Waals surface area contributed by atoms with Gasteiger partial charge in [-0.05, 0) is 71.3 Å². The van der Waals surface area contributed by atoms with Crippen molar-refractivity contribution in [2.24, 2.45) is 0 Å². The van der Waals surface area contributed by atoms with Crippen LogP contribution in [0.1, 0.15) is 41.2 Å². The number of likely N-dealkylation sites (tertiary alicyclic amines) is 1. The number of carbonyl (C=O) groups is 1. The van der Waals surface area contributed by atoms with Crippen molar-refractivity contribution in [1.82, 2.24) is 4.90 Å². The zero-order valence-corrected chi connectivity index (χ0v) is 16.1. The van der Waals surface area contributed by atoms with Crippen LogP contribution in [0.15, 0.2) is 42.5 Å². The van der Waals surface area contributed by atoms with E-state index >= 15 is 0 Å². The molecular formula is C20H20INO3. The molecule has 0 bridgehead atoms. The molecule has 0 spiro atoms. The van der Waals surface area contributed by atoms with E-state index in [0.717, 1.165) is 52.0 Å². The van der Waals surface area contributed by atoms with Gasteiger partial charge in [-0.15, -0.1) is 0 Å². The number of amides is 1. The fourth-order valence-electron chi connectivity index (χ4n) is 3.53. The van der Waals surface area contributed by atoms with Gasteiger partial charge in [-0.1, -0.05) is 12.1 Å². The third-order valence-corrected chi connectivity index (χ3v) is 5.41. The van der Waals surface area contributed by atoms with Crippen molar-refractivity contribution >= 4 is 28.5 Å². The Hall–Kier alpha value is -1.76. The molecule has 2 aromatic carbocycles. The van der Waals surface area contributed by atoms with Crippen LogP contribution in [-0.2, 0) is 0 Å². The van der Waals surface area contributed by atoms with Gasteiger partial charge in [-0.25, -0.2) is 0 Å². The lowest BCUT2D eigenvalue weighted by Crippen LogP contribution is -2.30. The minimum absolute atomic E-state index is 0.0996. The Labute approximate surface area is 161 Å². The molecule has 0 N–H and O–H groups in total. The minimum atomic E-state index is 0.0996. The van der Waals surface area contributed by atoms with Crippen molar-refractivity contribution in [3.8, 4) is 11.5 Å². The average Bonchev–Trinajstić information content (AvgIpc) is 2.99. The Morgan fingerprint density at radius 1 is 1.04 bits per heavy atom. The van der Waals surface area contributed by atoms with Gasteiger partial charge in [-0.2, -0.15) is 0 Å². The summed E-state index contributed by atoms with van der Waals surface area (Å²) in [7, 11) is 0. The van der Waals surface area contributed by atoms with Crippen LogP contribution in [0.3, 0.4) is 0 Å². The van der Waals surface area contributed by atoms with Crippen molar-refractivity contribution in [1.29, 1.82) is 0 Å². The van der Waals surface area contributed by atoms with Crippen molar-refractivity contribution in [2.45, 2.75) is 25.3 Å². The largest absolute Gasteiger partial charge is 0.490 e. The molecule has 0 aromatic heterocycles. The Kier molecular flexibility index (Phi) is 4.83. The normalized spacial score (nSPS) is 19.6. The van der Waals surface area contributed by atoms with E-state index < -0.39 is 0 Å². The van der Waals surface area contributed by atoms with E-state index in [-0.39, 0.29) is 11.9 Å². The van der Waals surface area contributed by atoms with Gasteiger partial charge in [0.1, 0.15) is 0 Å². The number of hydrogen-bond acceptors (Lipinski definition) is 3. The number of carbonyl (C=O) groups excluding carboxylic acids is 1. The number of nitrogens with zero attached hydrogens (tertiary/aromatic N) is 1. The minimum Gasteiger partial charge on any atom is -0.490 e. The van der Waals surface area contributed by atoms with Crippen LogP contribution in [0.2, 0.25) is 0 Å². The molecule has 0 radical (unpaired) electrons. The molecule has 2 heterocycles. The van der Waals surface area contributed by atoms with Crippen molar-refractivity contribution in [3.63, 3.8) is 0 Å². The van der Waals surface area contributed by atoms with Gasteiger partial charge in [-0.3, -0.25) is 4.79 Å². The lowest BCUT2D eigenvalue weighted by atomic mass is 10.0. The predicted molar refractivity (Wildman–Crippen MR) is 104 cm³/mol. The third kappa shape index (κ3) is 3.47. The zero-order chi connectivity index (χ0) is 17.2. The van der Waals surface area contributed by atoms with E-state index in [0.29, 0.717) is 13.2 Å². The van der Waals surface area contributed by atoms with E-state index in [1.165, 1.54) is 0 Å². The molecular weight excluding hydrogens is 429 g/mol. The summed E-state index contributed by atoms with van der Waals surface area (Å²) in [4.78, 5) is 15.0. The highest BCUT2D eigenvalue weighted by atomic mass is 127. The van der Waals surface area contributed by atoms with Crippen molar-refractivity contribution in [3.05, 3.63) is 57.2 Å². The number of halogens is 1. The number of ether oxygens (including phenoxy) is 2. The molecule has 1 saturated heterocycles. The number of benzene rings is 2. The van der Waals surface area contributed by atoms with E-state index in [1.54, 1.807) is 0 Å². The highest BCUT2D eigenvalue weighted by Crippen LogP contribution is 2.38. The van der Waals surface area contributed by atoms with Gasteiger partial charge in [0.15, 0.2) is 11.5 Å². The van der Waals surface area contributed by atoms with Gasteiger partial charge in [0.05, 0.1) is 19.3 Å². The summed E-state index contributed by atoms with van der Waals surface area (Å²) in [6, 6.07) is 14.0. The fourth-order valence-corrected chi connectivity index (χ4v) is 4.07. The van der Waals surface area contributed by atoms with E-state index in [9.17, 15) is 4.79 Å². The SMILES string of the molecule is O=C(c1cccc(I)c1)N1CCC[C@H]1c1ccc2c(c1)OCCCO2. The van der Waals surface area contributed by atoms with Gasteiger partial charge in [0, 0.05) is 22.1 Å². The van der Waals surface area contributed by atoms with Gasteiger partial charge in [0.25, 0.3) is 5.91 Å². The maximum absolute atomic E-state index is 13.0. The first-order valence-corrected chi connectivity index (χ1v) is 9.76. The van der Waals surface area contributed by atoms with Crippen LogP contribution in [0, 0.1) is 3.57 Å². The first kappa shape index (κ1) is 16.7. The second-order valence-electron chi connectivity index (χ2n) is 6.42. The van der Waals surface area contributed by atoms with Gasteiger partial charge in [0.2, 0.25) is 0 Å². The molecule has 0 aliphatic carbocycles. The molecule has 5 heteroatoms. The van der Waals surface area contributed by atoms with Crippen LogP contribution < -0.4 is 9.47 Å². The summed E-state index contributed by atoms with van der Waals surface area (Å²) in [5.41, 5.74) is 1.88. The quantitative estimate of drug-likeness (QED) is 0.637. The van der Waals surface area contributed by atoms with Crippen LogP contribution in [0.5, 0.6) is 11.5 Å². The Bertz CT molecular complexity index is 792. The fraction of sp³-hybridized carbons (Fsp3) is 0.350. The second kappa shape index (κ2) is 7.23. The van der Waals surface area contributed by atoms with Crippen LogP contribution in [0.4, 0.5) is 0 Å². The molecule has 1 atom stereocenters. The molecule has 25 heavy (non-hydrogen) atoms. The molecule has 1 amide bonds. The first-order chi connectivity index (χ1) is 12.2. The summed E-state index contributed by atoms with van der Waals surface area (Å²) in [6.45, 7) is 2.16. The smallest absolute Gasteiger partial charge is 0.254 e. The monoisotopic (exact) mass is 449 g/mol. The van der Waals surface area contributed by atoms with E-state index in [1.807, 2.05) is 41.3 Å². The van der Waals surface area contributed by atoms with Crippen LogP contribution in [-0.4, -0.2) is 30.6 Å². The number of hydrogen-bond donors (Lipinski definition) is 0. The molecule has 0 saturated carbocycles. The lowest BCUT2D eigenvalue weighted by Gasteiger charge is -2.26. The van der Waals surface area contributed by atoms with Gasteiger partial charge < -0.3 is 14.4 Å². The summed E-state index contributed by atoms with van der Waals surface area (Å²) < 4.78 is 12.6. The van der Waals surface area contributed by atoms with Crippen molar-refractivity contribution < 1.29 is 14.3 Å². The standard InChI is InChI=1S/C20H20INO3/c21-16-5-1-4-15(12-16)20(23)22-9-2-6-17(22)14-7-8-18-19(13-14)25-11-3-10-24-18/h1,4-5,7-8,12-13,17H,2-3,6,9-11H2/t17-/m0/s1. The highest BCUT2D eigenvalue weighted by molar-refractivity contribution is 14.1. The molecule has 2 aliphatic heterocycles. The molecule has 4 nitrogen and oxygen atoms in total. The molecule has 2 aliphatic rings. The second-order valence-corrected chi connectivity index (χ2v) is 7.67.